The number of nitrogens with one attached hydrogen (secondary N) is 2. The second-order valence-corrected chi connectivity index (χ2v) is 3.31. The number of hydrogen-bond donors (Lipinski definition) is 3. The molecule has 4 nitrogen and oxygen atoms in total. The highest BCUT2D eigenvalue weighted by Crippen LogP contribution is 1.95. The molecule has 0 saturated heterocycles. The van der Waals surface area contributed by atoms with E-state index in [4.69, 9.17) is 9.84 Å². The van der Waals surface area contributed by atoms with Gasteiger partial charge in [-0.3, -0.25) is 0 Å². The molecule has 0 aromatic heterocycles. The van der Waals surface area contributed by atoms with Crippen molar-refractivity contribution >= 4 is 0 Å². The number of methoxy groups -OCH3 is 1. The van der Waals surface area contributed by atoms with Crippen LogP contribution in [0.15, 0.2) is 0 Å². The van der Waals surface area contributed by atoms with E-state index in [1.807, 2.05) is 0 Å². The molecule has 0 spiro atoms. The van der Waals surface area contributed by atoms with Crippen molar-refractivity contribution in [2.75, 3.05) is 40.0 Å². The topological polar surface area (TPSA) is 53.5 Å². The van der Waals surface area contributed by atoms with Crippen molar-refractivity contribution < 1.29 is 9.84 Å². The lowest BCUT2D eigenvalue weighted by Crippen LogP contribution is -2.34. The van der Waals surface area contributed by atoms with E-state index in [1.165, 1.54) is 0 Å². The Morgan fingerprint density at radius 2 is 2.07 bits per heavy atom. The van der Waals surface area contributed by atoms with Gasteiger partial charge in [0.15, 0.2) is 0 Å². The van der Waals surface area contributed by atoms with Crippen LogP contribution in [-0.2, 0) is 4.74 Å². The average Bonchev–Trinajstić information content (AvgIpc) is 2.22. The fraction of sp³-hybridized carbons (Fsp3) is 1.00. The first-order valence-electron chi connectivity index (χ1n) is 5.39. The minimum Gasteiger partial charge on any atom is -0.395 e. The van der Waals surface area contributed by atoms with E-state index in [2.05, 4.69) is 17.6 Å². The summed E-state index contributed by atoms with van der Waals surface area (Å²) in [6.45, 7) is 5.72. The zero-order chi connectivity index (χ0) is 10.6. The molecule has 0 bridgehead atoms. The number of aliphatic hydroxyl groups excluding tert-OH is 1. The van der Waals surface area contributed by atoms with Gasteiger partial charge in [0.05, 0.1) is 13.2 Å². The maximum Gasteiger partial charge on any atom is 0.0587 e. The van der Waals surface area contributed by atoms with Gasteiger partial charge in [0.2, 0.25) is 0 Å². The van der Waals surface area contributed by atoms with Gasteiger partial charge >= 0.3 is 0 Å². The predicted molar refractivity (Wildman–Crippen MR) is 58.5 cm³/mol. The van der Waals surface area contributed by atoms with Gasteiger partial charge in [-0.2, -0.15) is 0 Å². The van der Waals surface area contributed by atoms with Crippen LogP contribution in [0, 0.1) is 0 Å². The molecule has 0 aromatic carbocycles. The zero-order valence-electron chi connectivity index (χ0n) is 9.38. The van der Waals surface area contributed by atoms with Crippen molar-refractivity contribution in [3.63, 3.8) is 0 Å². The van der Waals surface area contributed by atoms with Gasteiger partial charge < -0.3 is 20.5 Å². The Balaban J connectivity index is 3.28. The highest BCUT2D eigenvalue weighted by molar-refractivity contribution is 4.65. The van der Waals surface area contributed by atoms with Crippen molar-refractivity contribution in [3.8, 4) is 0 Å². The molecule has 86 valence electrons. The minimum atomic E-state index is 0.216. The van der Waals surface area contributed by atoms with E-state index < -0.39 is 0 Å². The van der Waals surface area contributed by atoms with Crippen LogP contribution < -0.4 is 10.6 Å². The predicted octanol–water partition coefficient (Wildman–Crippen LogP) is -0.0270. The molecule has 0 radical (unpaired) electrons. The van der Waals surface area contributed by atoms with E-state index in [9.17, 15) is 0 Å². The summed E-state index contributed by atoms with van der Waals surface area (Å²) in [5.74, 6) is 0. The Morgan fingerprint density at radius 1 is 1.29 bits per heavy atom. The van der Waals surface area contributed by atoms with E-state index >= 15 is 0 Å². The molecule has 0 rings (SSSR count). The first kappa shape index (κ1) is 13.8. The number of hydrogen-bond acceptors (Lipinski definition) is 4. The van der Waals surface area contributed by atoms with E-state index in [0.717, 1.165) is 32.5 Å². The summed E-state index contributed by atoms with van der Waals surface area (Å²) in [6, 6.07) is 0.552. The normalized spacial score (nSPS) is 13.1. The van der Waals surface area contributed by atoms with E-state index in [-0.39, 0.29) is 6.61 Å². The molecular formula is C10H24N2O2. The molecule has 0 heterocycles. The summed E-state index contributed by atoms with van der Waals surface area (Å²) < 4.78 is 4.97. The van der Waals surface area contributed by atoms with Crippen LogP contribution in [-0.4, -0.2) is 51.1 Å². The van der Waals surface area contributed by atoms with Crippen LogP contribution in [0.25, 0.3) is 0 Å². The third-order valence-corrected chi connectivity index (χ3v) is 2.19. The first-order chi connectivity index (χ1) is 6.85. The van der Waals surface area contributed by atoms with Gasteiger partial charge in [-0.25, -0.2) is 0 Å². The Hall–Kier alpha value is -0.160. The van der Waals surface area contributed by atoms with Crippen molar-refractivity contribution in [2.45, 2.75) is 25.8 Å². The van der Waals surface area contributed by atoms with Gasteiger partial charge in [0.25, 0.3) is 0 Å². The summed E-state index contributed by atoms with van der Waals surface area (Å²) in [7, 11) is 1.71. The van der Waals surface area contributed by atoms with E-state index in [1.54, 1.807) is 7.11 Å². The maximum absolute atomic E-state index is 8.57. The summed E-state index contributed by atoms with van der Waals surface area (Å²) in [6.07, 6.45) is 2.23. The zero-order valence-corrected chi connectivity index (χ0v) is 9.38. The van der Waals surface area contributed by atoms with Crippen molar-refractivity contribution in [3.05, 3.63) is 0 Å². The molecule has 0 fully saturated rings. The van der Waals surface area contributed by atoms with Crippen molar-refractivity contribution in [1.82, 2.24) is 10.6 Å². The highest BCUT2D eigenvalue weighted by atomic mass is 16.5. The summed E-state index contributed by atoms with van der Waals surface area (Å²) in [5, 5.41) is 15.2. The first-order valence-corrected chi connectivity index (χ1v) is 5.39. The molecule has 0 amide bonds. The van der Waals surface area contributed by atoms with Crippen molar-refractivity contribution in [1.29, 1.82) is 0 Å². The second-order valence-electron chi connectivity index (χ2n) is 3.31. The molecule has 1 atom stereocenters. The third kappa shape index (κ3) is 8.44. The molecule has 0 saturated carbocycles. The quantitative estimate of drug-likeness (QED) is 0.438. The van der Waals surface area contributed by atoms with Crippen LogP contribution in [0.2, 0.25) is 0 Å². The summed E-state index contributed by atoms with van der Waals surface area (Å²) in [4.78, 5) is 0. The van der Waals surface area contributed by atoms with Crippen LogP contribution in [0.4, 0.5) is 0 Å². The smallest absolute Gasteiger partial charge is 0.0587 e. The number of aliphatic hydroxyl groups is 1. The number of ether oxygens (including phenoxy) is 1. The van der Waals surface area contributed by atoms with Crippen LogP contribution in [0.1, 0.15) is 19.8 Å². The van der Waals surface area contributed by atoms with Gasteiger partial charge in [-0.1, -0.05) is 6.92 Å². The summed E-state index contributed by atoms with van der Waals surface area (Å²) >= 11 is 0. The number of rotatable bonds is 10. The second kappa shape index (κ2) is 10.9. The van der Waals surface area contributed by atoms with E-state index in [0.29, 0.717) is 12.6 Å². The highest BCUT2D eigenvalue weighted by Gasteiger charge is 2.03. The Kier molecular flexibility index (Phi) is 10.8. The van der Waals surface area contributed by atoms with Crippen LogP contribution in [0.5, 0.6) is 0 Å². The lowest BCUT2D eigenvalue weighted by atomic mass is 10.1. The van der Waals surface area contributed by atoms with Crippen molar-refractivity contribution in [2.24, 2.45) is 0 Å². The fourth-order valence-electron chi connectivity index (χ4n) is 1.30. The Labute approximate surface area is 87.0 Å². The lowest BCUT2D eigenvalue weighted by Gasteiger charge is -2.16. The van der Waals surface area contributed by atoms with Gasteiger partial charge in [-0.05, 0) is 19.4 Å². The average molecular weight is 204 g/mol. The monoisotopic (exact) mass is 204 g/mol. The third-order valence-electron chi connectivity index (χ3n) is 2.19. The molecular weight excluding hydrogens is 180 g/mol. The molecule has 4 heteroatoms. The van der Waals surface area contributed by atoms with Gasteiger partial charge in [0, 0.05) is 26.2 Å². The van der Waals surface area contributed by atoms with Crippen LogP contribution >= 0.6 is 0 Å². The molecule has 0 aliphatic rings. The molecule has 14 heavy (non-hydrogen) atoms. The largest absolute Gasteiger partial charge is 0.395 e. The SMILES string of the molecule is CCC(CCNCCO)NCCOC. The standard InChI is InChI=1S/C10H24N2O2/c1-3-10(12-7-9-14-2)4-5-11-6-8-13/h10-13H,3-9H2,1-2H3. The molecule has 0 aromatic rings. The van der Waals surface area contributed by atoms with Crippen LogP contribution in [0.3, 0.4) is 0 Å². The van der Waals surface area contributed by atoms with Gasteiger partial charge in [-0.15, -0.1) is 0 Å². The Bertz CT molecular complexity index is 112. The lowest BCUT2D eigenvalue weighted by molar-refractivity contribution is 0.194. The molecule has 3 N–H and O–H groups in total. The molecule has 1 unspecified atom stereocenters. The molecule has 0 aliphatic heterocycles. The maximum atomic E-state index is 8.57. The van der Waals surface area contributed by atoms with Gasteiger partial charge in [0.1, 0.15) is 0 Å². The Morgan fingerprint density at radius 3 is 2.64 bits per heavy atom. The summed E-state index contributed by atoms with van der Waals surface area (Å²) in [5.41, 5.74) is 0. The minimum absolute atomic E-state index is 0.216. The molecule has 0 aliphatic carbocycles. The fourth-order valence-corrected chi connectivity index (χ4v) is 1.30.